The third kappa shape index (κ3) is 4.76. The first-order valence-corrected chi connectivity index (χ1v) is 10.0. The minimum atomic E-state index is -0.415. The Labute approximate surface area is 180 Å². The van der Waals surface area contributed by atoms with Gasteiger partial charge in [0.1, 0.15) is 6.54 Å². The van der Waals surface area contributed by atoms with Crippen molar-refractivity contribution in [2.75, 3.05) is 7.11 Å². The molecule has 0 amide bonds. The van der Waals surface area contributed by atoms with E-state index in [1.165, 1.54) is 11.8 Å². The van der Waals surface area contributed by atoms with Gasteiger partial charge < -0.3 is 10.5 Å². The highest BCUT2D eigenvalue weighted by Gasteiger charge is 2.22. The molecule has 0 aliphatic carbocycles. The molecule has 3 aromatic carbocycles. The second kappa shape index (κ2) is 9.46. The number of fused-ring (bicyclic) bond motifs is 1. The summed E-state index contributed by atoms with van der Waals surface area (Å²) < 4.78 is 6.26. The first kappa shape index (κ1) is 20.6. The van der Waals surface area contributed by atoms with E-state index in [0.717, 1.165) is 27.5 Å². The van der Waals surface area contributed by atoms with Gasteiger partial charge in [0.05, 0.1) is 13.2 Å². The monoisotopic (exact) mass is 416 g/mol. The number of carbonyl (C=O) groups excluding carboxylic acids is 1. The first-order valence-electron chi connectivity index (χ1n) is 10.0. The summed E-state index contributed by atoms with van der Waals surface area (Å²) in [4.78, 5) is 11.8. The zero-order valence-electron chi connectivity index (χ0n) is 17.2. The van der Waals surface area contributed by atoms with Gasteiger partial charge >= 0.3 is 5.97 Å². The second-order valence-corrected chi connectivity index (χ2v) is 7.22. The summed E-state index contributed by atoms with van der Waals surface area (Å²) in [5, 5.41) is 17.8. The Bertz CT molecular complexity index is 1190. The van der Waals surface area contributed by atoms with Gasteiger partial charge in [0.15, 0.2) is 5.82 Å². The Hall–Kier alpha value is -3.62. The number of nitrogens with zero attached hydrogens (tertiary/aromatic N) is 4. The van der Waals surface area contributed by atoms with Crippen LogP contribution in [0.1, 0.15) is 28.6 Å². The lowest BCUT2D eigenvalue weighted by Crippen LogP contribution is -2.27. The van der Waals surface area contributed by atoms with Crippen LogP contribution in [0, 0.1) is 0 Å². The molecule has 158 valence electrons. The van der Waals surface area contributed by atoms with Gasteiger partial charge in [-0.3, -0.25) is 10.1 Å². The molecule has 8 heteroatoms. The Morgan fingerprint density at radius 1 is 1.06 bits per heavy atom. The van der Waals surface area contributed by atoms with E-state index in [1.807, 2.05) is 36.4 Å². The predicted octanol–water partition coefficient (Wildman–Crippen LogP) is 2.34. The molecule has 0 aliphatic heterocycles. The second-order valence-electron chi connectivity index (χ2n) is 7.22. The number of rotatable bonds is 8. The van der Waals surface area contributed by atoms with E-state index in [-0.39, 0.29) is 12.6 Å². The van der Waals surface area contributed by atoms with Gasteiger partial charge in [-0.15, -0.1) is 5.10 Å². The molecule has 31 heavy (non-hydrogen) atoms. The van der Waals surface area contributed by atoms with E-state index in [1.54, 1.807) is 0 Å². The minimum Gasteiger partial charge on any atom is -0.468 e. The van der Waals surface area contributed by atoms with Crippen molar-refractivity contribution >= 4 is 16.7 Å². The number of aromatic nitrogens is 4. The van der Waals surface area contributed by atoms with Crippen LogP contribution in [0.5, 0.6) is 0 Å². The normalized spacial score (nSPS) is 12.1. The van der Waals surface area contributed by atoms with Crippen LogP contribution in [0.4, 0.5) is 0 Å². The maximum Gasteiger partial charge on any atom is 0.327 e. The summed E-state index contributed by atoms with van der Waals surface area (Å²) >= 11 is 0. The fourth-order valence-corrected chi connectivity index (χ4v) is 3.55. The van der Waals surface area contributed by atoms with Crippen molar-refractivity contribution in [3.63, 3.8) is 0 Å². The maximum atomic E-state index is 11.8. The molecule has 1 atom stereocenters. The van der Waals surface area contributed by atoms with Crippen molar-refractivity contribution < 1.29 is 9.53 Å². The first-order chi connectivity index (χ1) is 15.2. The molecule has 1 unspecified atom stereocenters. The number of tetrazole rings is 1. The van der Waals surface area contributed by atoms with E-state index in [0.29, 0.717) is 18.9 Å². The zero-order valence-corrected chi connectivity index (χ0v) is 17.2. The molecule has 0 aliphatic rings. The van der Waals surface area contributed by atoms with Gasteiger partial charge in [0.25, 0.3) is 0 Å². The van der Waals surface area contributed by atoms with Crippen molar-refractivity contribution in [3.8, 4) is 0 Å². The van der Waals surface area contributed by atoms with Crippen LogP contribution in [-0.4, -0.2) is 33.3 Å². The molecule has 8 nitrogen and oxygen atoms in total. The van der Waals surface area contributed by atoms with Crippen LogP contribution >= 0.6 is 0 Å². The highest BCUT2D eigenvalue weighted by Crippen LogP contribution is 2.25. The number of carbonyl (C=O) groups is 1. The SMILES string of the molecule is COC(=O)Cn1nnnc1C(NCc1cccc(CN)c1)c1ccc2ccccc2c1. The van der Waals surface area contributed by atoms with Crippen LogP contribution in [-0.2, 0) is 29.2 Å². The van der Waals surface area contributed by atoms with Gasteiger partial charge in [-0.1, -0.05) is 60.7 Å². The third-order valence-corrected chi connectivity index (χ3v) is 5.17. The van der Waals surface area contributed by atoms with Crippen molar-refractivity contribution in [1.82, 2.24) is 25.5 Å². The van der Waals surface area contributed by atoms with Crippen LogP contribution in [0.3, 0.4) is 0 Å². The highest BCUT2D eigenvalue weighted by molar-refractivity contribution is 5.83. The molecule has 4 rings (SSSR count). The number of ether oxygens (including phenoxy) is 1. The Balaban J connectivity index is 1.69. The fourth-order valence-electron chi connectivity index (χ4n) is 3.55. The topological polar surface area (TPSA) is 108 Å². The summed E-state index contributed by atoms with van der Waals surface area (Å²) in [6.45, 7) is 1.00. The summed E-state index contributed by atoms with van der Waals surface area (Å²) in [6, 6.07) is 22.2. The van der Waals surface area contributed by atoms with E-state index < -0.39 is 5.97 Å². The summed E-state index contributed by atoms with van der Waals surface area (Å²) in [7, 11) is 1.34. The molecule has 0 fully saturated rings. The number of benzene rings is 3. The molecule has 0 bridgehead atoms. The van der Waals surface area contributed by atoms with Gasteiger partial charge in [-0.2, -0.15) is 0 Å². The van der Waals surface area contributed by atoms with Gasteiger partial charge in [-0.05, 0) is 44.0 Å². The smallest absolute Gasteiger partial charge is 0.327 e. The lowest BCUT2D eigenvalue weighted by molar-refractivity contribution is -0.141. The molecule has 0 radical (unpaired) electrons. The van der Waals surface area contributed by atoms with Crippen LogP contribution in [0.15, 0.2) is 66.7 Å². The molecule has 0 saturated heterocycles. The van der Waals surface area contributed by atoms with Crippen LogP contribution in [0.25, 0.3) is 10.8 Å². The lowest BCUT2D eigenvalue weighted by atomic mass is 10.0. The van der Waals surface area contributed by atoms with E-state index in [2.05, 4.69) is 51.2 Å². The van der Waals surface area contributed by atoms with Crippen LogP contribution < -0.4 is 11.1 Å². The fraction of sp³-hybridized carbons (Fsp3) is 0.217. The summed E-state index contributed by atoms with van der Waals surface area (Å²) in [6.07, 6.45) is 0. The molecule has 0 spiro atoms. The van der Waals surface area contributed by atoms with E-state index >= 15 is 0 Å². The minimum absolute atomic E-state index is 0.0622. The summed E-state index contributed by atoms with van der Waals surface area (Å²) in [5.41, 5.74) is 8.94. The molecule has 3 N–H and O–H groups in total. The molecular weight excluding hydrogens is 392 g/mol. The van der Waals surface area contributed by atoms with Crippen molar-refractivity contribution in [2.45, 2.75) is 25.7 Å². The largest absolute Gasteiger partial charge is 0.468 e. The van der Waals surface area contributed by atoms with Crippen molar-refractivity contribution in [1.29, 1.82) is 0 Å². The van der Waals surface area contributed by atoms with E-state index in [4.69, 9.17) is 10.5 Å². The summed E-state index contributed by atoms with van der Waals surface area (Å²) in [5.74, 6) is 0.122. The molecule has 1 aromatic heterocycles. The molecule has 0 saturated carbocycles. The van der Waals surface area contributed by atoms with Gasteiger partial charge in [0.2, 0.25) is 0 Å². The standard InChI is InChI=1S/C23H24N6O2/c1-31-21(30)15-29-23(26-27-28-29)22(25-14-17-6-4-5-16(11-17)13-24)20-10-9-18-7-2-3-8-19(18)12-20/h2-12,22,25H,13-15,24H2,1H3. The lowest BCUT2D eigenvalue weighted by Gasteiger charge is -2.19. The van der Waals surface area contributed by atoms with Crippen LogP contribution in [0.2, 0.25) is 0 Å². The van der Waals surface area contributed by atoms with E-state index in [9.17, 15) is 4.79 Å². The predicted molar refractivity (Wildman–Crippen MR) is 117 cm³/mol. The Morgan fingerprint density at radius 2 is 1.87 bits per heavy atom. The molecule has 1 heterocycles. The highest BCUT2D eigenvalue weighted by atomic mass is 16.5. The Morgan fingerprint density at radius 3 is 2.68 bits per heavy atom. The number of methoxy groups -OCH3 is 1. The number of hydrogen-bond donors (Lipinski definition) is 2. The Kier molecular flexibility index (Phi) is 6.30. The average molecular weight is 416 g/mol. The average Bonchev–Trinajstić information content (AvgIpc) is 3.26. The molecular formula is C23H24N6O2. The number of nitrogens with two attached hydrogens (primary N) is 1. The zero-order chi connectivity index (χ0) is 21.6. The number of nitrogens with one attached hydrogen (secondary N) is 1. The molecule has 4 aromatic rings. The maximum absolute atomic E-state index is 11.8. The van der Waals surface area contributed by atoms with Gasteiger partial charge in [0, 0.05) is 13.1 Å². The number of esters is 1. The quantitative estimate of drug-likeness (QED) is 0.425. The third-order valence-electron chi connectivity index (χ3n) is 5.17. The van der Waals surface area contributed by atoms with Crippen molar-refractivity contribution in [3.05, 3.63) is 89.2 Å². The number of hydrogen-bond acceptors (Lipinski definition) is 7. The van der Waals surface area contributed by atoms with Crippen molar-refractivity contribution in [2.24, 2.45) is 5.73 Å². The van der Waals surface area contributed by atoms with Gasteiger partial charge in [-0.25, -0.2) is 4.68 Å².